The van der Waals surface area contributed by atoms with Gasteiger partial charge in [0.05, 0.1) is 12.2 Å². The van der Waals surface area contributed by atoms with Crippen LogP contribution in [0.2, 0.25) is 0 Å². The molecular weight excluding hydrogens is 399 g/mol. The van der Waals surface area contributed by atoms with Crippen molar-refractivity contribution in [3.63, 3.8) is 0 Å². The molecule has 0 aliphatic carbocycles. The van der Waals surface area contributed by atoms with Gasteiger partial charge in [0.25, 0.3) is 0 Å². The smallest absolute Gasteiger partial charge is 0.416 e. The van der Waals surface area contributed by atoms with Crippen LogP contribution >= 0.6 is 11.8 Å². The molecule has 1 heterocycles. The highest BCUT2D eigenvalue weighted by molar-refractivity contribution is 7.98. The molecule has 0 saturated heterocycles. The first-order chi connectivity index (χ1) is 13.7. The van der Waals surface area contributed by atoms with E-state index in [-0.39, 0.29) is 0 Å². The van der Waals surface area contributed by atoms with Gasteiger partial charge in [0, 0.05) is 18.4 Å². The summed E-state index contributed by atoms with van der Waals surface area (Å²) < 4.78 is 46.1. The van der Waals surface area contributed by atoms with Crippen LogP contribution in [0.5, 0.6) is 5.75 Å². The number of rotatable bonds is 7. The van der Waals surface area contributed by atoms with Crippen LogP contribution in [0.3, 0.4) is 0 Å². The number of hydrogen-bond donors (Lipinski definition) is 0. The van der Waals surface area contributed by atoms with E-state index in [9.17, 15) is 13.2 Å². The molecule has 0 saturated carbocycles. The van der Waals surface area contributed by atoms with Crippen molar-refractivity contribution in [2.45, 2.75) is 30.9 Å². The quantitative estimate of drug-likeness (QED) is 0.450. The minimum atomic E-state index is -4.34. The van der Waals surface area contributed by atoms with Crippen LogP contribution in [-0.4, -0.2) is 21.4 Å². The molecule has 3 rings (SSSR count). The molecule has 0 unspecified atom stereocenters. The van der Waals surface area contributed by atoms with Crippen LogP contribution < -0.4 is 4.74 Å². The summed E-state index contributed by atoms with van der Waals surface area (Å²) in [5, 5.41) is 9.05. The Hall–Kier alpha value is -2.48. The van der Waals surface area contributed by atoms with E-state index in [0.717, 1.165) is 17.4 Å². The fourth-order valence-corrected chi connectivity index (χ4v) is 3.49. The summed E-state index contributed by atoms with van der Waals surface area (Å²) in [7, 11) is 1.84. The van der Waals surface area contributed by atoms with E-state index < -0.39 is 11.7 Å². The number of nitrogens with zero attached hydrogens (tertiary/aromatic N) is 3. The lowest BCUT2D eigenvalue weighted by molar-refractivity contribution is -0.137. The van der Waals surface area contributed by atoms with E-state index >= 15 is 0 Å². The maximum atomic E-state index is 12.9. The second-order valence-electron chi connectivity index (χ2n) is 7.08. The van der Waals surface area contributed by atoms with Gasteiger partial charge in [0.15, 0.2) is 11.0 Å². The van der Waals surface area contributed by atoms with E-state index in [0.29, 0.717) is 34.8 Å². The van der Waals surface area contributed by atoms with Crippen LogP contribution in [0, 0.1) is 5.92 Å². The zero-order valence-electron chi connectivity index (χ0n) is 16.4. The van der Waals surface area contributed by atoms with Gasteiger partial charge in [-0.25, -0.2) is 0 Å². The van der Waals surface area contributed by atoms with E-state index in [1.165, 1.54) is 23.9 Å². The van der Waals surface area contributed by atoms with Gasteiger partial charge >= 0.3 is 6.18 Å². The van der Waals surface area contributed by atoms with E-state index in [1.807, 2.05) is 35.9 Å². The molecule has 0 radical (unpaired) electrons. The van der Waals surface area contributed by atoms with Gasteiger partial charge in [-0.3, -0.25) is 0 Å². The number of benzene rings is 2. The third kappa shape index (κ3) is 5.53. The number of hydrogen-bond acceptors (Lipinski definition) is 4. The molecule has 4 nitrogen and oxygen atoms in total. The fourth-order valence-electron chi connectivity index (χ4n) is 2.64. The van der Waals surface area contributed by atoms with Crippen molar-refractivity contribution in [1.29, 1.82) is 0 Å². The van der Waals surface area contributed by atoms with E-state index in [2.05, 4.69) is 24.0 Å². The molecule has 0 fully saturated rings. The average Bonchev–Trinajstić information content (AvgIpc) is 3.05. The summed E-state index contributed by atoms with van der Waals surface area (Å²) in [6.07, 6.45) is -4.34. The molecule has 2 aromatic carbocycles. The van der Waals surface area contributed by atoms with Gasteiger partial charge in [-0.2, -0.15) is 13.2 Å². The van der Waals surface area contributed by atoms with Crippen molar-refractivity contribution in [3.8, 4) is 17.1 Å². The summed E-state index contributed by atoms with van der Waals surface area (Å²) in [4.78, 5) is 0. The maximum Gasteiger partial charge on any atom is 0.416 e. The van der Waals surface area contributed by atoms with Crippen molar-refractivity contribution in [2.75, 3.05) is 6.61 Å². The Balaban J connectivity index is 1.68. The SMILES string of the molecule is CC(C)COc1ccc(-c2nnc(SCc3cccc(C(F)(F)F)c3)n2C)cc1. The van der Waals surface area contributed by atoms with Gasteiger partial charge in [0.2, 0.25) is 0 Å². The first-order valence-electron chi connectivity index (χ1n) is 9.15. The van der Waals surface area contributed by atoms with Gasteiger partial charge in [-0.05, 0) is 41.8 Å². The third-order valence-electron chi connectivity index (χ3n) is 4.15. The topological polar surface area (TPSA) is 39.9 Å². The zero-order chi connectivity index (χ0) is 21.0. The first-order valence-corrected chi connectivity index (χ1v) is 10.1. The van der Waals surface area contributed by atoms with Crippen molar-refractivity contribution in [2.24, 2.45) is 13.0 Å². The van der Waals surface area contributed by atoms with Crippen LogP contribution in [0.1, 0.15) is 25.0 Å². The van der Waals surface area contributed by atoms with Crippen LogP contribution in [0.4, 0.5) is 13.2 Å². The van der Waals surface area contributed by atoms with Crippen LogP contribution in [-0.2, 0) is 19.0 Å². The Morgan fingerprint density at radius 3 is 2.45 bits per heavy atom. The Kier molecular flexibility index (Phi) is 6.52. The predicted octanol–water partition coefficient (Wildman–Crippen LogP) is 5.83. The molecule has 1 aromatic heterocycles. The average molecular weight is 421 g/mol. The Labute approximate surface area is 172 Å². The standard InChI is InChI=1S/C21H22F3N3OS/c1-14(2)12-28-18-9-7-16(8-10-18)19-25-26-20(27(19)3)29-13-15-5-4-6-17(11-15)21(22,23)24/h4-11,14H,12-13H2,1-3H3. The summed E-state index contributed by atoms with van der Waals surface area (Å²) in [6, 6.07) is 13.0. The lowest BCUT2D eigenvalue weighted by Gasteiger charge is -2.09. The largest absolute Gasteiger partial charge is 0.493 e. The molecule has 8 heteroatoms. The van der Waals surface area contributed by atoms with Crippen molar-refractivity contribution >= 4 is 11.8 Å². The highest BCUT2D eigenvalue weighted by atomic mass is 32.2. The molecule has 0 amide bonds. The number of halogens is 3. The van der Waals surface area contributed by atoms with Gasteiger partial charge < -0.3 is 9.30 Å². The number of alkyl halides is 3. The summed E-state index contributed by atoms with van der Waals surface area (Å²) in [5.74, 6) is 2.30. The minimum Gasteiger partial charge on any atom is -0.493 e. The fraction of sp³-hybridized carbons (Fsp3) is 0.333. The van der Waals surface area contributed by atoms with Gasteiger partial charge in [0.1, 0.15) is 5.75 Å². The number of aromatic nitrogens is 3. The second kappa shape index (κ2) is 8.90. The van der Waals surface area contributed by atoms with Crippen molar-refractivity contribution in [3.05, 3.63) is 59.7 Å². The van der Waals surface area contributed by atoms with Crippen molar-refractivity contribution < 1.29 is 17.9 Å². The normalized spacial score (nSPS) is 11.8. The van der Waals surface area contributed by atoms with Crippen LogP contribution in [0.15, 0.2) is 53.7 Å². The lowest BCUT2D eigenvalue weighted by atomic mass is 10.1. The highest BCUT2D eigenvalue weighted by Crippen LogP contribution is 2.31. The Morgan fingerprint density at radius 1 is 1.07 bits per heavy atom. The molecule has 0 N–H and O–H groups in total. The summed E-state index contributed by atoms with van der Waals surface area (Å²) in [6.45, 7) is 4.83. The monoisotopic (exact) mass is 421 g/mol. The molecular formula is C21H22F3N3OS. The molecule has 29 heavy (non-hydrogen) atoms. The molecule has 3 aromatic rings. The van der Waals surface area contributed by atoms with Crippen molar-refractivity contribution in [1.82, 2.24) is 14.8 Å². The number of ether oxygens (including phenoxy) is 1. The Morgan fingerprint density at radius 2 is 1.79 bits per heavy atom. The third-order valence-corrected chi connectivity index (χ3v) is 5.24. The minimum absolute atomic E-state index is 0.373. The Bertz CT molecular complexity index is 953. The van der Waals surface area contributed by atoms with E-state index in [4.69, 9.17) is 4.74 Å². The molecule has 0 spiro atoms. The zero-order valence-corrected chi connectivity index (χ0v) is 17.2. The highest BCUT2D eigenvalue weighted by Gasteiger charge is 2.30. The summed E-state index contributed by atoms with van der Waals surface area (Å²) >= 11 is 1.35. The first kappa shape index (κ1) is 21.2. The van der Waals surface area contributed by atoms with Crippen LogP contribution in [0.25, 0.3) is 11.4 Å². The number of thioether (sulfide) groups is 1. The summed E-state index contributed by atoms with van der Waals surface area (Å²) in [5.41, 5.74) is 0.831. The van der Waals surface area contributed by atoms with Gasteiger partial charge in [-0.15, -0.1) is 10.2 Å². The molecule has 0 aliphatic heterocycles. The predicted molar refractivity (Wildman–Crippen MR) is 108 cm³/mol. The maximum absolute atomic E-state index is 12.9. The molecule has 0 bridgehead atoms. The second-order valence-corrected chi connectivity index (χ2v) is 8.02. The van der Waals surface area contributed by atoms with E-state index in [1.54, 1.807) is 6.07 Å². The molecule has 154 valence electrons. The molecule has 0 aliphatic rings. The van der Waals surface area contributed by atoms with Gasteiger partial charge in [-0.1, -0.05) is 43.8 Å². The molecule has 0 atom stereocenters. The lowest BCUT2D eigenvalue weighted by Crippen LogP contribution is -2.05.